The Balaban J connectivity index is 0.00000126. The van der Waals surface area contributed by atoms with Crippen molar-refractivity contribution in [1.82, 2.24) is 20.1 Å². The summed E-state index contributed by atoms with van der Waals surface area (Å²) in [5.74, 6) is -0.405. The van der Waals surface area contributed by atoms with Crippen molar-refractivity contribution in [2.75, 3.05) is 6.54 Å². The highest BCUT2D eigenvalue weighted by atomic mass is 19.1. The van der Waals surface area contributed by atoms with E-state index in [1.165, 1.54) is 11.1 Å². The molecule has 33 heavy (non-hydrogen) atoms. The highest BCUT2D eigenvalue weighted by Gasteiger charge is 2.27. The number of H-pyrrole nitrogens is 1. The first-order valence-electron chi connectivity index (χ1n) is 12.0. The van der Waals surface area contributed by atoms with Gasteiger partial charge < -0.3 is 15.4 Å². The molecule has 6 heteroatoms. The number of nitrogens with one attached hydrogen (secondary N) is 2. The molecule has 0 spiro atoms. The fourth-order valence-electron chi connectivity index (χ4n) is 4.83. The minimum atomic E-state index is -0.405. The summed E-state index contributed by atoms with van der Waals surface area (Å²) in [5.41, 5.74) is 8.42. The number of aromatic amines is 1. The van der Waals surface area contributed by atoms with Gasteiger partial charge in [0.05, 0.1) is 29.2 Å². The average Bonchev–Trinajstić information content (AvgIpc) is 3.49. The SMILES string of the molecule is CC.CCc1cccc(CC)c1-n1nc2c(c1-c1cc(F)c(CO)c3[nH]ccc13)CNCC2. The Kier molecular flexibility index (Phi) is 6.96. The maximum absolute atomic E-state index is 15.1. The summed E-state index contributed by atoms with van der Waals surface area (Å²) in [6.07, 6.45) is 4.43. The predicted octanol–water partition coefficient (Wildman–Crippen LogP) is 5.45. The third kappa shape index (κ3) is 3.87. The van der Waals surface area contributed by atoms with Gasteiger partial charge in [0.15, 0.2) is 0 Å². The Morgan fingerprint density at radius 3 is 2.52 bits per heavy atom. The molecule has 0 bridgehead atoms. The first-order valence-corrected chi connectivity index (χ1v) is 12.0. The lowest BCUT2D eigenvalue weighted by Gasteiger charge is -2.18. The van der Waals surface area contributed by atoms with Crippen molar-refractivity contribution in [3.63, 3.8) is 0 Å². The highest BCUT2D eigenvalue weighted by Crippen LogP contribution is 2.38. The second kappa shape index (κ2) is 9.89. The first kappa shape index (κ1) is 23.2. The van der Waals surface area contributed by atoms with E-state index in [2.05, 4.69) is 47.0 Å². The van der Waals surface area contributed by atoms with Crippen LogP contribution in [0.25, 0.3) is 27.8 Å². The second-order valence-corrected chi connectivity index (χ2v) is 8.05. The van der Waals surface area contributed by atoms with Crippen LogP contribution in [0.5, 0.6) is 0 Å². The number of halogens is 1. The van der Waals surface area contributed by atoms with E-state index in [1.807, 2.05) is 19.9 Å². The van der Waals surface area contributed by atoms with Crippen molar-refractivity contribution >= 4 is 10.9 Å². The Bertz CT molecular complexity index is 1250. The van der Waals surface area contributed by atoms with Gasteiger partial charge in [-0.25, -0.2) is 9.07 Å². The minimum absolute atomic E-state index is 0.296. The molecule has 2 aromatic heterocycles. The molecule has 0 unspecified atom stereocenters. The number of benzene rings is 2. The van der Waals surface area contributed by atoms with E-state index >= 15 is 4.39 Å². The van der Waals surface area contributed by atoms with Crippen LogP contribution in [0.2, 0.25) is 0 Å². The number of rotatable bonds is 5. The molecule has 0 radical (unpaired) electrons. The fourth-order valence-corrected chi connectivity index (χ4v) is 4.83. The van der Waals surface area contributed by atoms with Crippen LogP contribution in [-0.2, 0) is 32.4 Å². The summed E-state index contributed by atoms with van der Waals surface area (Å²) in [4.78, 5) is 3.12. The molecule has 3 heterocycles. The van der Waals surface area contributed by atoms with Gasteiger partial charge in [0, 0.05) is 47.8 Å². The van der Waals surface area contributed by atoms with Crippen LogP contribution in [0.1, 0.15) is 55.6 Å². The Hall–Kier alpha value is -2.96. The highest BCUT2D eigenvalue weighted by molar-refractivity contribution is 5.97. The van der Waals surface area contributed by atoms with Crippen molar-refractivity contribution in [2.24, 2.45) is 0 Å². The largest absolute Gasteiger partial charge is 0.391 e. The number of aliphatic hydroxyl groups excluding tert-OH is 1. The van der Waals surface area contributed by atoms with Crippen molar-refractivity contribution in [1.29, 1.82) is 0 Å². The number of nitrogens with zero attached hydrogens (tertiary/aromatic N) is 2. The summed E-state index contributed by atoms with van der Waals surface area (Å²) in [6, 6.07) is 9.92. The molecular weight excluding hydrogens is 415 g/mol. The van der Waals surface area contributed by atoms with Crippen molar-refractivity contribution < 1.29 is 9.50 Å². The van der Waals surface area contributed by atoms with Crippen LogP contribution < -0.4 is 5.32 Å². The maximum atomic E-state index is 15.1. The molecule has 174 valence electrons. The first-order chi connectivity index (χ1) is 16.2. The average molecular weight is 449 g/mol. The Morgan fingerprint density at radius 1 is 1.12 bits per heavy atom. The minimum Gasteiger partial charge on any atom is -0.391 e. The van der Waals surface area contributed by atoms with Crippen molar-refractivity contribution in [2.45, 2.75) is 60.1 Å². The Morgan fingerprint density at radius 2 is 1.85 bits per heavy atom. The number of aliphatic hydroxyl groups is 1. The van der Waals surface area contributed by atoms with Gasteiger partial charge in [0.1, 0.15) is 5.82 Å². The Labute approximate surface area is 194 Å². The zero-order chi connectivity index (χ0) is 23.5. The molecule has 1 aliphatic rings. The molecule has 0 saturated heterocycles. The summed E-state index contributed by atoms with van der Waals surface area (Å²) in [6.45, 7) is 9.55. The summed E-state index contributed by atoms with van der Waals surface area (Å²) in [5, 5.41) is 19.2. The molecule has 0 aliphatic carbocycles. The number of aryl methyl sites for hydroxylation is 2. The van der Waals surface area contributed by atoms with Gasteiger partial charge in [-0.2, -0.15) is 5.10 Å². The molecule has 4 aromatic rings. The van der Waals surface area contributed by atoms with E-state index in [-0.39, 0.29) is 6.61 Å². The zero-order valence-corrected chi connectivity index (χ0v) is 19.9. The van der Waals surface area contributed by atoms with E-state index in [1.54, 1.807) is 12.3 Å². The van der Waals surface area contributed by atoms with Gasteiger partial charge in [-0.05, 0) is 36.1 Å². The normalized spacial score (nSPS) is 13.0. The monoisotopic (exact) mass is 448 g/mol. The van der Waals surface area contributed by atoms with Gasteiger partial charge in [-0.15, -0.1) is 0 Å². The molecule has 2 aromatic carbocycles. The molecular formula is C27H33FN4O. The van der Waals surface area contributed by atoms with E-state index in [0.29, 0.717) is 17.6 Å². The van der Waals surface area contributed by atoms with Gasteiger partial charge >= 0.3 is 0 Å². The van der Waals surface area contributed by atoms with E-state index in [9.17, 15) is 5.11 Å². The summed E-state index contributed by atoms with van der Waals surface area (Å²) < 4.78 is 17.1. The molecule has 0 atom stereocenters. The van der Waals surface area contributed by atoms with Crippen LogP contribution in [0.3, 0.4) is 0 Å². The van der Waals surface area contributed by atoms with Gasteiger partial charge in [0.2, 0.25) is 0 Å². The smallest absolute Gasteiger partial charge is 0.131 e. The molecule has 5 nitrogen and oxygen atoms in total. The van der Waals surface area contributed by atoms with Gasteiger partial charge in [-0.3, -0.25) is 0 Å². The summed E-state index contributed by atoms with van der Waals surface area (Å²) >= 11 is 0. The van der Waals surface area contributed by atoms with Gasteiger partial charge in [-0.1, -0.05) is 45.9 Å². The van der Waals surface area contributed by atoms with E-state index in [0.717, 1.165) is 59.4 Å². The number of fused-ring (bicyclic) bond motifs is 2. The van der Waals surface area contributed by atoms with Crippen molar-refractivity contribution in [3.05, 3.63) is 70.3 Å². The molecule has 0 fully saturated rings. The van der Waals surface area contributed by atoms with Crippen molar-refractivity contribution in [3.8, 4) is 16.9 Å². The van der Waals surface area contributed by atoms with Crippen LogP contribution in [0.15, 0.2) is 36.5 Å². The predicted molar refractivity (Wildman–Crippen MR) is 132 cm³/mol. The number of aromatic nitrogens is 3. The van der Waals surface area contributed by atoms with Crippen LogP contribution >= 0.6 is 0 Å². The lowest BCUT2D eigenvalue weighted by atomic mass is 9.96. The van der Waals surface area contributed by atoms with E-state index in [4.69, 9.17) is 5.10 Å². The lowest BCUT2D eigenvalue weighted by molar-refractivity contribution is 0.277. The molecule has 5 rings (SSSR count). The lowest BCUT2D eigenvalue weighted by Crippen LogP contribution is -2.23. The van der Waals surface area contributed by atoms with Crippen LogP contribution in [0.4, 0.5) is 4.39 Å². The number of hydrogen-bond acceptors (Lipinski definition) is 3. The standard InChI is InChI=1S/C25H27FN4O.C2H6/c1-3-15-6-5-7-16(4-2)24(15)30-25(19-13-27-10-9-22(19)29-30)18-12-21(26)20(14-31)23-17(18)8-11-28-23;1-2/h5-8,11-12,27-28,31H,3-4,9-10,13-14H2,1-2H3;1-2H3. The van der Waals surface area contributed by atoms with Gasteiger partial charge in [0.25, 0.3) is 0 Å². The molecule has 1 aliphatic heterocycles. The van der Waals surface area contributed by atoms with Crippen LogP contribution in [0, 0.1) is 5.82 Å². The second-order valence-electron chi connectivity index (χ2n) is 8.05. The molecule has 0 amide bonds. The fraction of sp³-hybridized carbons (Fsp3) is 0.370. The maximum Gasteiger partial charge on any atom is 0.131 e. The number of para-hydroxylation sites is 1. The summed E-state index contributed by atoms with van der Waals surface area (Å²) in [7, 11) is 0. The third-order valence-electron chi connectivity index (χ3n) is 6.40. The molecule has 3 N–H and O–H groups in total. The topological polar surface area (TPSA) is 65.9 Å². The van der Waals surface area contributed by atoms with E-state index < -0.39 is 5.82 Å². The zero-order valence-electron chi connectivity index (χ0n) is 19.9. The quantitative estimate of drug-likeness (QED) is 0.380. The number of hydrogen-bond donors (Lipinski definition) is 3. The third-order valence-corrected chi connectivity index (χ3v) is 6.40. The molecule has 0 saturated carbocycles. The van der Waals surface area contributed by atoms with Crippen LogP contribution in [-0.4, -0.2) is 26.4 Å².